The van der Waals surface area contributed by atoms with Crippen molar-refractivity contribution in [1.82, 2.24) is 5.32 Å². The Bertz CT molecular complexity index is 1030. The second-order valence-corrected chi connectivity index (χ2v) is 10.4. The monoisotopic (exact) mass is 465 g/mol. The van der Waals surface area contributed by atoms with E-state index in [1.807, 2.05) is 37.3 Å². The van der Waals surface area contributed by atoms with Crippen LogP contribution in [-0.2, 0) is 16.0 Å². The van der Waals surface area contributed by atoms with E-state index in [0.717, 1.165) is 5.56 Å². The van der Waals surface area contributed by atoms with Crippen molar-refractivity contribution in [3.63, 3.8) is 0 Å². The van der Waals surface area contributed by atoms with Gasteiger partial charge in [-0.25, -0.2) is 0 Å². The zero-order valence-electron chi connectivity index (χ0n) is 20.0. The van der Waals surface area contributed by atoms with Crippen molar-refractivity contribution in [2.24, 2.45) is 29.1 Å². The lowest BCUT2D eigenvalue weighted by molar-refractivity contribution is -0.147. The number of rotatable bonds is 2. The molecule has 1 saturated heterocycles. The predicted octanol–water partition coefficient (Wildman–Crippen LogP) is 2.35. The normalized spacial score (nSPS) is 44.4. The Balaban J connectivity index is 1.87. The maximum absolute atomic E-state index is 13.8. The van der Waals surface area contributed by atoms with Gasteiger partial charge in [0.25, 0.3) is 0 Å². The molecule has 1 aromatic rings. The van der Waals surface area contributed by atoms with Gasteiger partial charge >= 0.3 is 0 Å². The lowest BCUT2D eigenvalue weighted by atomic mass is 9.51. The molecule has 0 aromatic heterocycles. The zero-order chi connectivity index (χ0) is 24.8. The van der Waals surface area contributed by atoms with E-state index in [1.165, 1.54) is 19.1 Å². The Morgan fingerprint density at radius 3 is 2.47 bits per heavy atom. The van der Waals surface area contributed by atoms with Crippen LogP contribution in [0.2, 0.25) is 0 Å². The first-order chi connectivity index (χ1) is 16.0. The van der Waals surface area contributed by atoms with Gasteiger partial charge in [-0.2, -0.15) is 0 Å². The van der Waals surface area contributed by atoms with Gasteiger partial charge in [-0.1, -0.05) is 69.0 Å². The number of aliphatic hydroxyl groups is 3. The molecule has 0 unspecified atom stereocenters. The molecular weight excluding hydrogens is 430 g/mol. The molecule has 3 aliphatic rings. The zero-order valence-corrected chi connectivity index (χ0v) is 20.0. The molecule has 6 heteroatoms. The summed E-state index contributed by atoms with van der Waals surface area (Å²) in [4.78, 5) is 26.6. The van der Waals surface area contributed by atoms with E-state index < -0.39 is 35.1 Å². The summed E-state index contributed by atoms with van der Waals surface area (Å²) in [6.07, 6.45) is 4.77. The maximum Gasteiger partial charge on any atom is 0.230 e. The molecular formula is C28H35NO5. The van der Waals surface area contributed by atoms with Crippen molar-refractivity contribution >= 4 is 11.7 Å². The first-order valence-electron chi connectivity index (χ1n) is 12.0. The average molecular weight is 466 g/mol. The Morgan fingerprint density at radius 1 is 1.12 bits per heavy atom. The smallest absolute Gasteiger partial charge is 0.230 e. The summed E-state index contributed by atoms with van der Waals surface area (Å²) in [6.45, 7) is 9.24. The van der Waals surface area contributed by atoms with Gasteiger partial charge in [0.05, 0.1) is 17.6 Å². The number of aliphatic hydroxyl groups excluding tert-OH is 2. The van der Waals surface area contributed by atoms with E-state index in [-0.39, 0.29) is 29.6 Å². The van der Waals surface area contributed by atoms with Gasteiger partial charge in [0.2, 0.25) is 5.91 Å². The molecule has 182 valence electrons. The van der Waals surface area contributed by atoms with Gasteiger partial charge < -0.3 is 20.6 Å². The first kappa shape index (κ1) is 24.6. The third-order valence-corrected chi connectivity index (χ3v) is 8.26. The van der Waals surface area contributed by atoms with Crippen LogP contribution in [0.3, 0.4) is 0 Å². The molecule has 1 amide bonds. The van der Waals surface area contributed by atoms with E-state index in [1.54, 1.807) is 19.1 Å². The molecule has 1 spiro atoms. The van der Waals surface area contributed by atoms with Crippen LogP contribution in [0.15, 0.2) is 66.8 Å². The van der Waals surface area contributed by atoms with Crippen molar-refractivity contribution in [1.29, 1.82) is 0 Å². The summed E-state index contributed by atoms with van der Waals surface area (Å²) < 4.78 is 0. The fourth-order valence-electron chi connectivity index (χ4n) is 6.39. The Hall–Kier alpha value is -2.54. The summed E-state index contributed by atoms with van der Waals surface area (Å²) in [5.41, 5.74) is -1.46. The molecule has 34 heavy (non-hydrogen) atoms. The van der Waals surface area contributed by atoms with Gasteiger partial charge in [-0.3, -0.25) is 9.59 Å². The van der Waals surface area contributed by atoms with E-state index in [4.69, 9.17) is 0 Å². The molecule has 1 heterocycles. The first-order valence-corrected chi connectivity index (χ1v) is 12.0. The molecule has 2 fully saturated rings. The molecule has 9 atom stereocenters. The fourth-order valence-corrected chi connectivity index (χ4v) is 6.39. The quantitative estimate of drug-likeness (QED) is 0.502. The average Bonchev–Trinajstić information content (AvgIpc) is 3.09. The minimum atomic E-state index is -1.78. The van der Waals surface area contributed by atoms with Crippen molar-refractivity contribution in [3.05, 3.63) is 72.4 Å². The van der Waals surface area contributed by atoms with Crippen LogP contribution in [0.4, 0.5) is 0 Å². The van der Waals surface area contributed by atoms with Gasteiger partial charge in [0, 0.05) is 23.8 Å². The molecule has 1 aliphatic heterocycles. The van der Waals surface area contributed by atoms with Gasteiger partial charge in [0.15, 0.2) is 5.78 Å². The Labute approximate surface area is 201 Å². The van der Waals surface area contributed by atoms with Crippen LogP contribution < -0.4 is 5.32 Å². The number of Topliss-reactive ketones (excluding diaryl/α,β-unsaturated/α-hetero) is 1. The summed E-state index contributed by atoms with van der Waals surface area (Å²) in [5, 5.41) is 36.8. The van der Waals surface area contributed by atoms with Crippen LogP contribution in [0.1, 0.15) is 32.8 Å². The van der Waals surface area contributed by atoms with Crippen LogP contribution in [0, 0.1) is 29.1 Å². The standard InChI is InChI=1S/C28H35NO5/c1-16-9-8-12-20-24(31)18(3)17(2)23-21(15-19-10-6-5-7-11-19)29-26(33)28(20,23)22(30)13-14-27(4,34)25(16)32/h5-8,10-14,16-17,20-24,30-31,34H,3,9,15H2,1-2,4H3,(H,29,33)/b12-8+,14-13+/t16-,17+,20+,21-,22+,23-,24+,27+,28+/m0/s1. The minimum Gasteiger partial charge on any atom is -0.388 e. The molecule has 4 rings (SSSR count). The number of hydrogen-bond donors (Lipinski definition) is 4. The number of benzene rings is 1. The molecule has 0 radical (unpaired) electrons. The summed E-state index contributed by atoms with van der Waals surface area (Å²) in [6, 6.07) is 9.57. The second kappa shape index (κ2) is 8.91. The minimum absolute atomic E-state index is 0.249. The number of carbonyl (C=O) groups is 2. The highest BCUT2D eigenvalue weighted by Crippen LogP contribution is 2.57. The summed E-state index contributed by atoms with van der Waals surface area (Å²) in [7, 11) is 0. The summed E-state index contributed by atoms with van der Waals surface area (Å²) in [5.74, 6) is -2.50. The number of amides is 1. The van der Waals surface area contributed by atoms with Gasteiger partial charge in [0.1, 0.15) is 5.60 Å². The highest BCUT2D eigenvalue weighted by Gasteiger charge is 2.67. The lowest BCUT2D eigenvalue weighted by Gasteiger charge is -2.51. The molecule has 0 bridgehead atoms. The van der Waals surface area contributed by atoms with Crippen molar-refractivity contribution in [2.75, 3.05) is 0 Å². The topological polar surface area (TPSA) is 107 Å². The van der Waals surface area contributed by atoms with Crippen LogP contribution in [0.5, 0.6) is 0 Å². The number of ketones is 1. The second-order valence-electron chi connectivity index (χ2n) is 10.4. The molecule has 1 aromatic carbocycles. The molecule has 4 N–H and O–H groups in total. The third kappa shape index (κ3) is 3.78. The van der Waals surface area contributed by atoms with Crippen LogP contribution in [0.25, 0.3) is 0 Å². The fraction of sp³-hybridized carbons (Fsp3) is 0.500. The summed E-state index contributed by atoms with van der Waals surface area (Å²) >= 11 is 0. The predicted molar refractivity (Wildman–Crippen MR) is 129 cm³/mol. The SMILES string of the molecule is C=C1[C@@H](C)[C@H]2[C@H](Cc3ccccc3)NC(=O)[C@]23[C@H](O)/C=C/[C@@](C)(O)C(=O)[C@@H](C)C/C=C/[C@@H]3[C@@H]1O. The molecule has 1 saturated carbocycles. The van der Waals surface area contributed by atoms with Gasteiger partial charge in [-0.15, -0.1) is 0 Å². The van der Waals surface area contributed by atoms with Crippen molar-refractivity contribution in [2.45, 2.75) is 57.5 Å². The number of hydrogen-bond acceptors (Lipinski definition) is 5. The highest BCUT2D eigenvalue weighted by molar-refractivity contribution is 5.91. The number of carbonyl (C=O) groups excluding carboxylic acids is 2. The van der Waals surface area contributed by atoms with E-state index in [9.17, 15) is 24.9 Å². The van der Waals surface area contributed by atoms with E-state index in [2.05, 4.69) is 11.9 Å². The van der Waals surface area contributed by atoms with Crippen molar-refractivity contribution in [3.8, 4) is 0 Å². The number of nitrogens with one attached hydrogen (secondary N) is 1. The number of allylic oxidation sites excluding steroid dienone is 1. The lowest BCUT2D eigenvalue weighted by Crippen LogP contribution is -2.59. The molecule has 6 nitrogen and oxygen atoms in total. The third-order valence-electron chi connectivity index (χ3n) is 8.26. The van der Waals surface area contributed by atoms with E-state index >= 15 is 0 Å². The highest BCUT2D eigenvalue weighted by atomic mass is 16.3. The Morgan fingerprint density at radius 2 is 1.79 bits per heavy atom. The molecule has 2 aliphatic carbocycles. The van der Waals surface area contributed by atoms with Crippen molar-refractivity contribution < 1.29 is 24.9 Å². The maximum atomic E-state index is 13.8. The Kier molecular flexibility index (Phi) is 6.44. The van der Waals surface area contributed by atoms with E-state index in [0.29, 0.717) is 18.4 Å². The van der Waals surface area contributed by atoms with Gasteiger partial charge in [-0.05, 0) is 42.9 Å². The largest absolute Gasteiger partial charge is 0.388 e. The van der Waals surface area contributed by atoms with Crippen LogP contribution >= 0.6 is 0 Å². The van der Waals surface area contributed by atoms with Crippen LogP contribution in [-0.4, -0.2) is 50.9 Å².